The Morgan fingerprint density at radius 1 is 1.15 bits per heavy atom. The Balaban J connectivity index is 2.13. The Hall–Kier alpha value is -1.58. The van der Waals surface area contributed by atoms with Crippen LogP contribution in [-0.2, 0) is 6.54 Å². The lowest BCUT2D eigenvalue weighted by molar-refractivity contribution is 0.476. The molecule has 0 saturated heterocycles. The van der Waals surface area contributed by atoms with Gasteiger partial charge in [-0.1, -0.05) is 30.7 Å². The minimum absolute atomic E-state index is 0.280. The van der Waals surface area contributed by atoms with Crippen LogP contribution >= 0.6 is 11.6 Å². The molecule has 0 fully saturated rings. The van der Waals surface area contributed by atoms with Crippen molar-refractivity contribution in [3.8, 4) is 11.5 Å². The van der Waals surface area contributed by atoms with E-state index in [9.17, 15) is 4.39 Å². The number of hydrogen-bond acceptors (Lipinski definition) is 2. The van der Waals surface area contributed by atoms with E-state index < -0.39 is 0 Å². The number of aryl methyl sites for hydroxylation is 1. The lowest BCUT2D eigenvalue weighted by atomic mass is 10.2. The fourth-order valence-electron chi connectivity index (χ4n) is 1.77. The van der Waals surface area contributed by atoms with Crippen molar-refractivity contribution in [3.05, 3.63) is 58.4 Å². The molecular weight excluding hydrogens is 277 g/mol. The van der Waals surface area contributed by atoms with Gasteiger partial charge in [-0.2, -0.15) is 0 Å². The molecule has 0 heterocycles. The fraction of sp³-hybridized carbons (Fsp3) is 0.250. The lowest BCUT2D eigenvalue weighted by Crippen LogP contribution is -2.11. The van der Waals surface area contributed by atoms with E-state index in [2.05, 4.69) is 5.32 Å². The van der Waals surface area contributed by atoms with Crippen molar-refractivity contribution in [2.75, 3.05) is 6.54 Å². The van der Waals surface area contributed by atoms with E-state index in [1.54, 1.807) is 25.1 Å². The molecule has 2 nitrogen and oxygen atoms in total. The summed E-state index contributed by atoms with van der Waals surface area (Å²) >= 11 is 6.19. The highest BCUT2D eigenvalue weighted by molar-refractivity contribution is 6.31. The highest BCUT2D eigenvalue weighted by Crippen LogP contribution is 2.27. The second-order valence-corrected chi connectivity index (χ2v) is 4.95. The number of halogens is 2. The topological polar surface area (TPSA) is 21.3 Å². The van der Waals surface area contributed by atoms with Crippen LogP contribution < -0.4 is 10.1 Å². The average molecular weight is 294 g/mol. The molecule has 0 amide bonds. The van der Waals surface area contributed by atoms with E-state index in [-0.39, 0.29) is 5.82 Å². The first kappa shape index (κ1) is 14.8. The van der Waals surface area contributed by atoms with Gasteiger partial charge in [0.25, 0.3) is 0 Å². The molecular formula is C16H17ClFNO. The van der Waals surface area contributed by atoms with Gasteiger partial charge in [0.2, 0.25) is 0 Å². The smallest absolute Gasteiger partial charge is 0.130 e. The Morgan fingerprint density at radius 3 is 2.50 bits per heavy atom. The van der Waals surface area contributed by atoms with Crippen LogP contribution in [0.1, 0.15) is 18.1 Å². The zero-order chi connectivity index (χ0) is 14.5. The summed E-state index contributed by atoms with van der Waals surface area (Å²) in [5, 5.41) is 3.85. The first-order valence-corrected chi connectivity index (χ1v) is 6.91. The Morgan fingerprint density at radius 2 is 1.85 bits per heavy atom. The molecule has 0 aromatic heterocycles. The van der Waals surface area contributed by atoms with Crippen molar-refractivity contribution in [1.29, 1.82) is 0 Å². The standard InChI is InChI=1S/C16H17ClFNO/c1-3-19-10-12-5-7-13(8-15(12)17)20-14-6-4-11(2)16(18)9-14/h4-9,19H,3,10H2,1-2H3. The van der Waals surface area contributed by atoms with Crippen molar-refractivity contribution < 1.29 is 9.13 Å². The summed E-state index contributed by atoms with van der Waals surface area (Å²) in [6.07, 6.45) is 0. The summed E-state index contributed by atoms with van der Waals surface area (Å²) in [7, 11) is 0. The first-order chi connectivity index (χ1) is 9.60. The van der Waals surface area contributed by atoms with E-state index in [0.29, 0.717) is 22.1 Å². The van der Waals surface area contributed by atoms with Gasteiger partial charge in [0, 0.05) is 17.6 Å². The maximum atomic E-state index is 13.5. The molecule has 20 heavy (non-hydrogen) atoms. The third-order valence-electron chi connectivity index (χ3n) is 2.97. The van der Waals surface area contributed by atoms with Gasteiger partial charge >= 0.3 is 0 Å². The van der Waals surface area contributed by atoms with E-state index in [1.165, 1.54) is 6.07 Å². The van der Waals surface area contributed by atoms with Gasteiger partial charge in [-0.15, -0.1) is 0 Å². The van der Waals surface area contributed by atoms with Crippen LogP contribution in [0.15, 0.2) is 36.4 Å². The van der Waals surface area contributed by atoms with E-state index in [4.69, 9.17) is 16.3 Å². The van der Waals surface area contributed by atoms with Crippen molar-refractivity contribution in [2.24, 2.45) is 0 Å². The maximum Gasteiger partial charge on any atom is 0.130 e. The van der Waals surface area contributed by atoms with Crippen LogP contribution in [0.5, 0.6) is 11.5 Å². The molecule has 2 aromatic carbocycles. The van der Waals surface area contributed by atoms with Gasteiger partial charge in [0.05, 0.1) is 0 Å². The number of rotatable bonds is 5. The molecule has 0 atom stereocenters. The second kappa shape index (κ2) is 6.73. The summed E-state index contributed by atoms with van der Waals surface area (Å²) in [5.41, 5.74) is 1.60. The lowest BCUT2D eigenvalue weighted by Gasteiger charge is -2.10. The molecule has 4 heteroatoms. The average Bonchev–Trinajstić information content (AvgIpc) is 2.42. The Bertz CT molecular complexity index is 601. The van der Waals surface area contributed by atoms with Gasteiger partial charge in [0.15, 0.2) is 0 Å². The molecule has 0 saturated carbocycles. The molecule has 0 radical (unpaired) electrons. The number of benzene rings is 2. The monoisotopic (exact) mass is 293 g/mol. The molecule has 1 N–H and O–H groups in total. The molecule has 0 aliphatic carbocycles. The molecule has 2 rings (SSSR count). The highest BCUT2D eigenvalue weighted by Gasteiger charge is 2.05. The normalized spacial score (nSPS) is 10.6. The van der Waals surface area contributed by atoms with Gasteiger partial charge in [-0.3, -0.25) is 0 Å². The highest BCUT2D eigenvalue weighted by atomic mass is 35.5. The van der Waals surface area contributed by atoms with Crippen molar-refractivity contribution >= 4 is 11.6 Å². The molecule has 106 valence electrons. The number of hydrogen-bond donors (Lipinski definition) is 1. The van der Waals surface area contributed by atoms with E-state index >= 15 is 0 Å². The first-order valence-electron chi connectivity index (χ1n) is 6.53. The van der Waals surface area contributed by atoms with Gasteiger partial charge < -0.3 is 10.1 Å². The Kier molecular flexibility index (Phi) is 4.99. The molecule has 0 aliphatic heterocycles. The molecule has 0 aliphatic rings. The molecule has 0 unspecified atom stereocenters. The molecule has 0 bridgehead atoms. The minimum Gasteiger partial charge on any atom is -0.457 e. The van der Waals surface area contributed by atoms with Crippen molar-refractivity contribution in [2.45, 2.75) is 20.4 Å². The van der Waals surface area contributed by atoms with Crippen LogP contribution in [0.3, 0.4) is 0 Å². The molecule has 2 aromatic rings. The van der Waals surface area contributed by atoms with E-state index in [0.717, 1.165) is 18.7 Å². The van der Waals surface area contributed by atoms with Crippen molar-refractivity contribution in [1.82, 2.24) is 5.32 Å². The van der Waals surface area contributed by atoms with Crippen LogP contribution in [0.2, 0.25) is 5.02 Å². The largest absolute Gasteiger partial charge is 0.457 e. The van der Waals surface area contributed by atoms with Gasteiger partial charge in [0.1, 0.15) is 17.3 Å². The molecule has 0 spiro atoms. The summed E-state index contributed by atoms with van der Waals surface area (Å²) < 4.78 is 19.1. The number of ether oxygens (including phenoxy) is 1. The quantitative estimate of drug-likeness (QED) is 0.863. The summed E-state index contributed by atoms with van der Waals surface area (Å²) in [4.78, 5) is 0. The van der Waals surface area contributed by atoms with Crippen LogP contribution in [0.25, 0.3) is 0 Å². The van der Waals surface area contributed by atoms with Crippen LogP contribution in [-0.4, -0.2) is 6.54 Å². The SMILES string of the molecule is CCNCc1ccc(Oc2ccc(C)c(F)c2)cc1Cl. The summed E-state index contributed by atoms with van der Waals surface area (Å²) in [6.45, 7) is 5.36. The fourth-order valence-corrected chi connectivity index (χ4v) is 2.01. The number of nitrogens with one attached hydrogen (secondary N) is 1. The minimum atomic E-state index is -0.280. The van der Waals surface area contributed by atoms with Crippen LogP contribution in [0.4, 0.5) is 4.39 Å². The van der Waals surface area contributed by atoms with Crippen LogP contribution in [0, 0.1) is 12.7 Å². The summed E-state index contributed by atoms with van der Waals surface area (Å²) in [5.74, 6) is 0.777. The maximum absolute atomic E-state index is 13.5. The third-order valence-corrected chi connectivity index (χ3v) is 3.32. The van der Waals surface area contributed by atoms with Crippen molar-refractivity contribution in [3.63, 3.8) is 0 Å². The van der Waals surface area contributed by atoms with E-state index in [1.807, 2.05) is 19.1 Å². The third kappa shape index (κ3) is 3.71. The zero-order valence-corrected chi connectivity index (χ0v) is 12.3. The zero-order valence-electron chi connectivity index (χ0n) is 11.5. The summed E-state index contributed by atoms with van der Waals surface area (Å²) in [6, 6.07) is 10.3. The van der Waals surface area contributed by atoms with Gasteiger partial charge in [-0.05, 0) is 42.8 Å². The Labute approximate surface area is 123 Å². The second-order valence-electron chi connectivity index (χ2n) is 4.55. The predicted molar refractivity (Wildman–Crippen MR) is 80.0 cm³/mol. The predicted octanol–water partition coefficient (Wildman–Crippen LogP) is 4.69. The van der Waals surface area contributed by atoms with Gasteiger partial charge in [-0.25, -0.2) is 4.39 Å².